The lowest BCUT2D eigenvalue weighted by Gasteiger charge is -2.60. The molecule has 7 rings (SSSR count). The van der Waals surface area contributed by atoms with E-state index in [1.165, 1.54) is 0 Å². The van der Waals surface area contributed by atoms with Gasteiger partial charge in [-0.1, -0.05) is 36.4 Å². The number of phenols is 2. The summed E-state index contributed by atoms with van der Waals surface area (Å²) in [5, 5.41) is 37.1. The van der Waals surface area contributed by atoms with Gasteiger partial charge in [0.25, 0.3) is 0 Å². The number of likely N-dealkylation sites (N-methyl/N-ethyl adjacent to an activating group) is 1. The first-order valence-corrected chi connectivity index (χ1v) is 15.5. The fraction of sp³-hybridized carbons (Fsp3) is 0.429. The van der Waals surface area contributed by atoms with Crippen LogP contribution in [0.25, 0.3) is 0 Å². The number of methoxy groups -OCH3 is 1. The van der Waals surface area contributed by atoms with Gasteiger partial charge in [0.2, 0.25) is 12.7 Å². The van der Waals surface area contributed by atoms with Gasteiger partial charge < -0.3 is 29.7 Å². The molecule has 234 valence electrons. The van der Waals surface area contributed by atoms with Crippen LogP contribution in [0, 0.1) is 25.2 Å². The zero-order valence-corrected chi connectivity index (χ0v) is 26.0. The third kappa shape index (κ3) is 4.48. The summed E-state index contributed by atoms with van der Waals surface area (Å²) < 4.78 is 17.5. The number of rotatable bonds is 6. The first-order valence-electron chi connectivity index (χ1n) is 15.5. The molecule has 0 aromatic heterocycles. The number of fused-ring (bicyclic) bond motifs is 9. The van der Waals surface area contributed by atoms with Gasteiger partial charge in [-0.15, -0.1) is 0 Å². The van der Waals surface area contributed by atoms with E-state index in [1.54, 1.807) is 7.11 Å². The van der Waals surface area contributed by atoms with Crippen molar-refractivity contribution in [3.05, 3.63) is 75.3 Å². The summed E-state index contributed by atoms with van der Waals surface area (Å²) in [4.78, 5) is 17.6. The summed E-state index contributed by atoms with van der Waals surface area (Å²) >= 11 is 0. The van der Waals surface area contributed by atoms with Crippen LogP contribution in [0.2, 0.25) is 0 Å². The Bertz CT molecular complexity index is 1720. The molecule has 0 spiro atoms. The molecule has 0 radical (unpaired) electrons. The number of amides is 1. The lowest BCUT2D eigenvalue weighted by Crippen LogP contribution is -2.68. The van der Waals surface area contributed by atoms with Crippen molar-refractivity contribution in [1.82, 2.24) is 15.1 Å². The van der Waals surface area contributed by atoms with E-state index < -0.39 is 12.1 Å². The molecular formula is C35H38N4O6. The van der Waals surface area contributed by atoms with E-state index in [-0.39, 0.29) is 48.9 Å². The minimum atomic E-state index is -0.533. The molecule has 3 aromatic rings. The van der Waals surface area contributed by atoms with Crippen LogP contribution in [0.15, 0.2) is 36.4 Å². The number of aryl methyl sites for hydroxylation is 2. The minimum absolute atomic E-state index is 0.0295. The number of nitrogens with zero attached hydrogens (tertiary/aromatic N) is 3. The van der Waals surface area contributed by atoms with Crippen molar-refractivity contribution in [2.75, 3.05) is 27.5 Å². The van der Waals surface area contributed by atoms with Gasteiger partial charge in [0.15, 0.2) is 23.0 Å². The van der Waals surface area contributed by atoms with E-state index in [0.29, 0.717) is 48.5 Å². The van der Waals surface area contributed by atoms with Crippen molar-refractivity contribution in [2.24, 2.45) is 0 Å². The quantitative estimate of drug-likeness (QED) is 0.380. The number of carbonyl (C=O) groups excluding carboxylic acids is 1. The lowest BCUT2D eigenvalue weighted by atomic mass is 9.71. The summed E-state index contributed by atoms with van der Waals surface area (Å²) in [5.74, 6) is 1.64. The monoisotopic (exact) mass is 610 g/mol. The molecule has 0 aliphatic carbocycles. The first-order chi connectivity index (χ1) is 21.7. The number of ether oxygens (including phenoxy) is 3. The third-order valence-corrected chi connectivity index (χ3v) is 10.3. The molecule has 10 nitrogen and oxygen atoms in total. The minimum Gasteiger partial charge on any atom is -0.507 e. The molecule has 4 aliphatic rings. The van der Waals surface area contributed by atoms with E-state index in [0.717, 1.165) is 33.4 Å². The van der Waals surface area contributed by atoms with Crippen LogP contribution in [-0.4, -0.2) is 71.5 Å². The van der Waals surface area contributed by atoms with E-state index in [4.69, 9.17) is 14.2 Å². The second-order valence-corrected chi connectivity index (χ2v) is 12.6. The van der Waals surface area contributed by atoms with Gasteiger partial charge in [0, 0.05) is 47.3 Å². The Morgan fingerprint density at radius 3 is 2.58 bits per heavy atom. The van der Waals surface area contributed by atoms with E-state index >= 15 is 0 Å². The van der Waals surface area contributed by atoms with Crippen molar-refractivity contribution in [3.63, 3.8) is 0 Å². The maximum absolute atomic E-state index is 13.2. The fourth-order valence-electron chi connectivity index (χ4n) is 8.24. The highest BCUT2D eigenvalue weighted by Gasteiger charge is 2.56. The zero-order chi connectivity index (χ0) is 31.6. The molecule has 1 saturated heterocycles. The highest BCUT2D eigenvalue weighted by Crippen LogP contribution is 2.58. The van der Waals surface area contributed by atoms with Crippen LogP contribution >= 0.6 is 0 Å². The summed E-state index contributed by atoms with van der Waals surface area (Å²) in [6.45, 7) is 3.97. The predicted molar refractivity (Wildman–Crippen MR) is 166 cm³/mol. The summed E-state index contributed by atoms with van der Waals surface area (Å²) in [6.07, 6.45) is 1.91. The number of hydrogen-bond acceptors (Lipinski definition) is 9. The second kappa shape index (κ2) is 11.2. The largest absolute Gasteiger partial charge is 0.507 e. The van der Waals surface area contributed by atoms with Crippen molar-refractivity contribution in [1.29, 1.82) is 5.26 Å². The molecule has 2 bridgehead atoms. The average molecular weight is 611 g/mol. The lowest BCUT2D eigenvalue weighted by molar-refractivity contribution is -0.122. The average Bonchev–Trinajstić information content (AvgIpc) is 3.53. The Morgan fingerprint density at radius 1 is 1.09 bits per heavy atom. The Morgan fingerprint density at radius 2 is 1.84 bits per heavy atom. The maximum Gasteiger partial charge on any atom is 0.231 e. The van der Waals surface area contributed by atoms with E-state index in [2.05, 4.69) is 27.3 Å². The topological polar surface area (TPSA) is 128 Å². The molecule has 4 aliphatic heterocycles. The van der Waals surface area contributed by atoms with Crippen LogP contribution in [0.1, 0.15) is 57.4 Å². The molecule has 3 aromatic carbocycles. The van der Waals surface area contributed by atoms with Crippen LogP contribution in [-0.2, 0) is 24.1 Å². The maximum atomic E-state index is 13.2. The first kappa shape index (κ1) is 29.3. The van der Waals surface area contributed by atoms with Gasteiger partial charge in [-0.3, -0.25) is 14.6 Å². The SMILES string of the molecule is COc1c(C)cc2c(c1O)[C@@H]1C3Cc4c(O)c(C)c5c(c4[C@H](CNC(=O)CCc4ccccc4)N3[C@@H](C#N)[C@H](C2)N1C)OCO5. The van der Waals surface area contributed by atoms with Gasteiger partial charge >= 0.3 is 0 Å². The third-order valence-electron chi connectivity index (χ3n) is 10.3. The number of benzene rings is 3. The van der Waals surface area contributed by atoms with Gasteiger partial charge in [-0.05, 0) is 56.8 Å². The fourth-order valence-corrected chi connectivity index (χ4v) is 8.24. The Hall–Kier alpha value is -4.46. The summed E-state index contributed by atoms with van der Waals surface area (Å²) in [5.41, 5.74) is 5.78. The smallest absolute Gasteiger partial charge is 0.231 e. The molecule has 45 heavy (non-hydrogen) atoms. The normalized spacial score (nSPS) is 24.6. The molecule has 1 amide bonds. The van der Waals surface area contributed by atoms with Gasteiger partial charge in [0.1, 0.15) is 11.8 Å². The van der Waals surface area contributed by atoms with Crippen LogP contribution < -0.4 is 19.5 Å². The van der Waals surface area contributed by atoms with Crippen LogP contribution in [0.5, 0.6) is 28.7 Å². The molecule has 10 heteroatoms. The van der Waals surface area contributed by atoms with Crippen molar-refractivity contribution in [2.45, 2.75) is 69.7 Å². The number of phenolic OH excluding ortho intramolecular Hbond substituents is 2. The highest BCUT2D eigenvalue weighted by molar-refractivity contribution is 5.76. The molecule has 3 N–H and O–H groups in total. The Labute approximate surface area is 262 Å². The predicted octanol–water partition coefficient (Wildman–Crippen LogP) is 3.97. The number of nitriles is 1. The van der Waals surface area contributed by atoms with Gasteiger partial charge in [-0.25, -0.2) is 0 Å². The molecular weight excluding hydrogens is 572 g/mol. The van der Waals surface area contributed by atoms with Crippen LogP contribution in [0.4, 0.5) is 0 Å². The number of nitrogens with one attached hydrogen (secondary N) is 1. The van der Waals surface area contributed by atoms with Crippen molar-refractivity contribution < 1.29 is 29.2 Å². The van der Waals surface area contributed by atoms with Crippen molar-refractivity contribution >= 4 is 5.91 Å². The molecule has 5 atom stereocenters. The molecule has 1 fully saturated rings. The zero-order valence-electron chi connectivity index (χ0n) is 26.0. The number of piperazine rings is 1. The molecule has 1 unspecified atom stereocenters. The standard InChI is InChI=1S/C35H38N4O6/c1-18-12-21-13-23-25(15-36)39-24(30(38(23)3)28(21)32(42)33(18)43-4)14-22-29(35-34(44-17-45-35)19(2)31(22)41)26(39)16-37-27(40)11-10-20-8-6-5-7-9-20/h5-9,12,23-26,30,41-42H,10-11,13-14,16-17H2,1-4H3,(H,37,40)/t23-,24?,25-,26-,30-/m0/s1. The van der Waals surface area contributed by atoms with Gasteiger partial charge in [0.05, 0.1) is 25.3 Å². The number of carbonyl (C=O) groups is 1. The summed E-state index contributed by atoms with van der Waals surface area (Å²) in [7, 11) is 3.56. The summed E-state index contributed by atoms with van der Waals surface area (Å²) in [6, 6.07) is 12.8. The Kier molecular flexibility index (Phi) is 7.26. The molecule has 4 heterocycles. The molecule has 0 saturated carbocycles. The van der Waals surface area contributed by atoms with Gasteiger partial charge in [-0.2, -0.15) is 5.26 Å². The van der Waals surface area contributed by atoms with Crippen molar-refractivity contribution in [3.8, 4) is 34.8 Å². The van der Waals surface area contributed by atoms with Crippen LogP contribution in [0.3, 0.4) is 0 Å². The van der Waals surface area contributed by atoms with E-state index in [1.807, 2.05) is 51.2 Å². The van der Waals surface area contributed by atoms with E-state index in [9.17, 15) is 20.3 Å². The second-order valence-electron chi connectivity index (χ2n) is 12.6. The number of hydrogen-bond donors (Lipinski definition) is 3. The number of aromatic hydroxyl groups is 2. The Balaban J connectivity index is 1.33. The highest BCUT2D eigenvalue weighted by atomic mass is 16.7.